The van der Waals surface area contributed by atoms with Crippen LogP contribution in [0.4, 0.5) is 10.5 Å². The van der Waals surface area contributed by atoms with E-state index in [0.29, 0.717) is 84.4 Å². The minimum Gasteiger partial charge on any atom is -0.379 e. The van der Waals surface area contributed by atoms with Crippen LogP contribution in [0.3, 0.4) is 0 Å². The number of ketones is 1. The Labute approximate surface area is 466 Å². The van der Waals surface area contributed by atoms with Gasteiger partial charge in [-0.05, 0) is 127 Å². The van der Waals surface area contributed by atoms with Gasteiger partial charge in [0.25, 0.3) is 0 Å². The number of benzene rings is 5. The molecule has 2 atom stereocenters. The summed E-state index contributed by atoms with van der Waals surface area (Å²) >= 11 is 25.7. The zero-order chi connectivity index (χ0) is 54.2. The van der Waals surface area contributed by atoms with Crippen molar-refractivity contribution in [3.05, 3.63) is 156 Å². The number of urea groups is 1. The number of nitrogens with one attached hydrogen (secondary N) is 3. The number of sulfonamides is 1. The van der Waals surface area contributed by atoms with Gasteiger partial charge in [-0.2, -0.15) is 0 Å². The molecule has 0 fully saturated rings. The van der Waals surface area contributed by atoms with E-state index in [1.807, 2.05) is 38.4 Å². The third-order valence-corrected chi connectivity index (χ3v) is 17.4. The molecule has 5 aromatic carbocycles. The van der Waals surface area contributed by atoms with Crippen LogP contribution in [0.2, 0.25) is 20.1 Å². The third kappa shape index (κ3) is 17.4. The summed E-state index contributed by atoms with van der Waals surface area (Å²) in [6.45, 7) is 5.31. The summed E-state index contributed by atoms with van der Waals surface area (Å²) in [5, 5.41) is 7.79. The van der Waals surface area contributed by atoms with E-state index in [-0.39, 0.29) is 92.3 Å². The number of sulfone groups is 1. The molecular formula is C55H65Cl4N5O10S2. The number of Topliss-reactive ketones (excluding diaryl/α,β-unsaturated/α-hetero) is 1. The van der Waals surface area contributed by atoms with Crippen molar-refractivity contribution in [2.45, 2.75) is 60.4 Å². The highest BCUT2D eigenvalue weighted by Crippen LogP contribution is 2.40. The monoisotopic (exact) mass is 1160 g/mol. The summed E-state index contributed by atoms with van der Waals surface area (Å²) in [5.74, 6) is -0.164. The smallest absolute Gasteiger partial charge is 0.319 e. The first-order chi connectivity index (χ1) is 36.5. The van der Waals surface area contributed by atoms with Crippen LogP contribution in [-0.2, 0) is 63.1 Å². The van der Waals surface area contributed by atoms with E-state index in [1.54, 1.807) is 72.8 Å². The number of anilines is 1. The lowest BCUT2D eigenvalue weighted by molar-refractivity contribution is -0.118. The van der Waals surface area contributed by atoms with Crippen molar-refractivity contribution in [2.24, 2.45) is 0 Å². The van der Waals surface area contributed by atoms with Crippen LogP contribution < -0.4 is 15.4 Å². The topological polar surface area (TPSA) is 182 Å². The van der Waals surface area contributed by atoms with Gasteiger partial charge in [0.15, 0.2) is 9.84 Å². The summed E-state index contributed by atoms with van der Waals surface area (Å²) in [6, 6.07) is 28.0. The van der Waals surface area contributed by atoms with E-state index in [9.17, 15) is 26.4 Å². The Balaban J connectivity index is 0.681. The summed E-state index contributed by atoms with van der Waals surface area (Å²) in [4.78, 5) is 29.8. The van der Waals surface area contributed by atoms with Crippen LogP contribution in [0.25, 0.3) is 0 Å². The van der Waals surface area contributed by atoms with E-state index in [1.165, 1.54) is 0 Å². The highest BCUT2D eigenvalue weighted by atomic mass is 35.5. The lowest BCUT2D eigenvalue weighted by atomic mass is 9.85. The van der Waals surface area contributed by atoms with E-state index in [0.717, 1.165) is 38.9 Å². The number of halogens is 4. The Kier molecular flexibility index (Phi) is 22.4. The largest absolute Gasteiger partial charge is 0.379 e. The van der Waals surface area contributed by atoms with Crippen molar-refractivity contribution in [1.29, 1.82) is 0 Å². The molecule has 2 aliphatic rings. The number of carbonyl (C=O) groups is 2. The van der Waals surface area contributed by atoms with E-state index in [4.69, 9.17) is 65.4 Å². The average Bonchev–Trinajstić information content (AvgIpc) is 3.38. The first-order valence-corrected chi connectivity index (χ1v) is 29.8. The van der Waals surface area contributed by atoms with Crippen LogP contribution in [0.15, 0.2) is 107 Å². The van der Waals surface area contributed by atoms with Gasteiger partial charge in [0, 0.05) is 103 Å². The van der Waals surface area contributed by atoms with Crippen LogP contribution in [0.1, 0.15) is 70.0 Å². The second-order valence-corrected chi connectivity index (χ2v) is 24.5. The highest BCUT2D eigenvalue weighted by molar-refractivity contribution is 7.91. The standard InChI is InChI=1S/C55H65Cl4N5O10S2/c1-63-34-49(47-30-41(56)32-53(58)51(47)36-63)39-7-3-10-45(28-39)75(67,68)26-6-19-72-23-24-73-20-16-60-55(66)62-43-14-12-38(13-15-43)27-44(65)9-5-18-71-22-25-74-21-17-61-76(69,70)46-11-4-8-40(29-46)50-35-64(2)37-52-48(50)31-42(57)33-54(52)59/h3-4,7-8,10-15,28-33,49-50,61H,5-6,9,16-27,34-37H2,1-2H3,(H2,60,62,66)/t49-,50-/m0/s1. The van der Waals surface area contributed by atoms with Crippen LogP contribution in [0.5, 0.6) is 0 Å². The minimum absolute atomic E-state index is 0.0600. The Morgan fingerprint density at radius 1 is 0.605 bits per heavy atom. The average molecular weight is 1160 g/mol. The maximum Gasteiger partial charge on any atom is 0.319 e. The zero-order valence-corrected chi connectivity index (χ0v) is 47.3. The number of amides is 2. The number of likely N-dealkylation sites (N-methyl/N-ethyl adjacent to an activating group) is 2. The summed E-state index contributed by atoms with van der Waals surface area (Å²) in [5.41, 5.74) is 7.14. The molecule has 0 radical (unpaired) electrons. The molecule has 3 N–H and O–H groups in total. The second-order valence-electron chi connectivity index (χ2n) is 19.0. The SMILES string of the molecule is CN1Cc2c(Cl)cc(Cl)cc2[C@H](c2cccc(S(=O)(=O)CCCOCCOCCNC(=O)Nc3ccc(CC(=O)CCCOCCOCCNS(=O)(=O)c4cccc([C@@H]5CN(C)Cc6c(Cl)cc(Cl)cc65)c4)cc3)c2)C1. The first-order valence-electron chi connectivity index (χ1n) is 25.2. The maximum atomic E-state index is 13.3. The van der Waals surface area contributed by atoms with Crippen molar-refractivity contribution in [3.8, 4) is 0 Å². The lowest BCUT2D eigenvalue weighted by Crippen LogP contribution is -2.31. The molecule has 0 bridgehead atoms. The number of rotatable bonds is 28. The lowest BCUT2D eigenvalue weighted by Gasteiger charge is -2.33. The van der Waals surface area contributed by atoms with Crippen molar-refractivity contribution in [3.63, 3.8) is 0 Å². The number of hydrogen-bond acceptors (Lipinski definition) is 12. The fourth-order valence-corrected chi connectivity index (χ4v) is 12.9. The molecule has 0 unspecified atom stereocenters. The fraction of sp³-hybridized carbons (Fsp3) is 0.418. The molecule has 5 aromatic rings. The molecule has 2 aliphatic heterocycles. The fourth-order valence-electron chi connectivity index (χ4n) is 9.33. The number of carbonyl (C=O) groups excluding carboxylic acids is 2. The van der Waals surface area contributed by atoms with Crippen LogP contribution in [-0.4, -0.2) is 137 Å². The molecule has 0 aliphatic carbocycles. The molecule has 0 saturated carbocycles. The number of fused-ring (bicyclic) bond motifs is 2. The normalized spacial score (nSPS) is 16.0. The minimum atomic E-state index is -3.79. The predicted molar refractivity (Wildman–Crippen MR) is 299 cm³/mol. The maximum absolute atomic E-state index is 13.3. The molecule has 0 saturated heterocycles. The molecule has 15 nitrogen and oxygen atoms in total. The van der Waals surface area contributed by atoms with E-state index >= 15 is 0 Å². The van der Waals surface area contributed by atoms with Crippen LogP contribution >= 0.6 is 46.4 Å². The Morgan fingerprint density at radius 2 is 1.12 bits per heavy atom. The Morgan fingerprint density at radius 3 is 1.70 bits per heavy atom. The molecular weight excluding hydrogens is 1100 g/mol. The van der Waals surface area contributed by atoms with Crippen LogP contribution in [0, 0.1) is 0 Å². The first kappa shape index (κ1) is 59.5. The molecule has 21 heteroatoms. The summed E-state index contributed by atoms with van der Waals surface area (Å²) < 4.78 is 77.9. The predicted octanol–water partition coefficient (Wildman–Crippen LogP) is 9.38. The van der Waals surface area contributed by atoms with Gasteiger partial charge in [-0.1, -0.05) is 82.8 Å². The molecule has 0 spiro atoms. The molecule has 410 valence electrons. The van der Waals surface area contributed by atoms with Crippen molar-refractivity contribution < 1.29 is 45.4 Å². The zero-order valence-electron chi connectivity index (χ0n) is 42.6. The molecule has 76 heavy (non-hydrogen) atoms. The second kappa shape index (κ2) is 28.6. The quantitative estimate of drug-likeness (QED) is 0.0405. The molecule has 2 heterocycles. The van der Waals surface area contributed by atoms with E-state index < -0.39 is 25.9 Å². The summed E-state index contributed by atoms with van der Waals surface area (Å²) in [7, 11) is -3.33. The van der Waals surface area contributed by atoms with Gasteiger partial charge in [0.05, 0.1) is 55.2 Å². The van der Waals surface area contributed by atoms with Crippen molar-refractivity contribution >= 4 is 83.8 Å². The van der Waals surface area contributed by atoms with Gasteiger partial charge >= 0.3 is 6.03 Å². The van der Waals surface area contributed by atoms with Gasteiger partial charge < -0.3 is 39.4 Å². The Hall–Kier alpha value is -4.18. The number of hydrogen-bond donors (Lipinski definition) is 3. The molecule has 2 amide bonds. The number of ether oxygens (including phenoxy) is 4. The van der Waals surface area contributed by atoms with E-state index in [2.05, 4.69) is 25.2 Å². The molecule has 0 aromatic heterocycles. The molecule has 7 rings (SSSR count). The van der Waals surface area contributed by atoms with Gasteiger partial charge in [0.1, 0.15) is 5.78 Å². The summed E-state index contributed by atoms with van der Waals surface area (Å²) in [6.07, 6.45) is 1.46. The third-order valence-electron chi connectivity index (χ3n) is 13.0. The van der Waals surface area contributed by atoms with Gasteiger partial charge in [0.2, 0.25) is 10.0 Å². The van der Waals surface area contributed by atoms with Crippen molar-refractivity contribution in [1.82, 2.24) is 19.8 Å². The van der Waals surface area contributed by atoms with Gasteiger partial charge in [-0.25, -0.2) is 26.4 Å². The Bertz CT molecular complexity index is 2810. The van der Waals surface area contributed by atoms with Crippen molar-refractivity contribution in [2.75, 3.05) is 104 Å². The number of nitrogens with zero attached hydrogens (tertiary/aromatic N) is 2. The van der Waals surface area contributed by atoms with Gasteiger partial charge in [-0.3, -0.25) is 4.79 Å². The highest BCUT2D eigenvalue weighted by Gasteiger charge is 2.30. The van der Waals surface area contributed by atoms with Gasteiger partial charge in [-0.15, -0.1) is 0 Å².